The molecular weight excluding hydrogens is 461 g/mol. The average molecular weight is 473 g/mol. The van der Waals surface area contributed by atoms with E-state index in [9.17, 15) is 9.59 Å². The molecule has 1 aliphatic rings. The largest absolute Gasteiger partial charge is 0.454 e. The van der Waals surface area contributed by atoms with Gasteiger partial charge in [0.15, 0.2) is 11.5 Å². The number of nitrogens with one attached hydrogen (secondary N) is 2. The number of fused-ring (bicyclic) bond motifs is 1. The number of amides is 2. The quantitative estimate of drug-likeness (QED) is 0.391. The van der Waals surface area contributed by atoms with Crippen LogP contribution in [0.25, 0.3) is 0 Å². The number of ether oxygens (including phenoxy) is 2. The summed E-state index contributed by atoms with van der Waals surface area (Å²) >= 11 is 15.1. The van der Waals surface area contributed by atoms with Crippen molar-refractivity contribution < 1.29 is 19.1 Å². The first-order valence-electron chi connectivity index (χ1n) is 7.58. The van der Waals surface area contributed by atoms with E-state index in [1.165, 1.54) is 12.3 Å². The minimum Gasteiger partial charge on any atom is -0.454 e. The summed E-state index contributed by atoms with van der Waals surface area (Å²) in [5.41, 5.74) is 3.41. The molecule has 2 aromatic rings. The van der Waals surface area contributed by atoms with Crippen LogP contribution in [-0.2, 0) is 9.59 Å². The molecule has 1 aliphatic heterocycles. The molecule has 0 aliphatic carbocycles. The van der Waals surface area contributed by atoms with Crippen LogP contribution < -0.4 is 20.2 Å². The predicted octanol–water partition coefficient (Wildman–Crippen LogP) is 3.96. The topological polar surface area (TPSA) is 89.0 Å². The van der Waals surface area contributed by atoms with E-state index in [1.807, 2.05) is 0 Å². The standard InChI is InChI=1S/C17H12BrCl2N3O4/c18-11-5-15-14(26-8-27-15)3-9(11)7-21-23-17(25)6-16(24)22-10-1-2-12(19)13(20)4-10/h1-5,7H,6,8H2,(H,22,24)(H,23,25)/b21-7+. The summed E-state index contributed by atoms with van der Waals surface area (Å²) in [6, 6.07) is 8.09. The van der Waals surface area contributed by atoms with Crippen molar-refractivity contribution in [2.24, 2.45) is 5.10 Å². The van der Waals surface area contributed by atoms with Crippen LogP contribution in [0.15, 0.2) is 39.9 Å². The number of nitrogens with zero attached hydrogens (tertiary/aromatic N) is 1. The van der Waals surface area contributed by atoms with Gasteiger partial charge in [0, 0.05) is 15.7 Å². The van der Waals surface area contributed by atoms with Crippen molar-refractivity contribution in [1.29, 1.82) is 0 Å². The number of carbonyl (C=O) groups excluding carboxylic acids is 2. The summed E-state index contributed by atoms with van der Waals surface area (Å²) in [5.74, 6) is 0.139. The Morgan fingerprint density at radius 3 is 2.59 bits per heavy atom. The van der Waals surface area contributed by atoms with Gasteiger partial charge in [0.05, 0.1) is 16.3 Å². The van der Waals surface area contributed by atoms with Gasteiger partial charge < -0.3 is 14.8 Å². The van der Waals surface area contributed by atoms with E-state index in [4.69, 9.17) is 32.7 Å². The Hall–Kier alpha value is -2.29. The molecule has 0 unspecified atom stereocenters. The first-order valence-corrected chi connectivity index (χ1v) is 9.13. The molecule has 3 rings (SSSR count). The van der Waals surface area contributed by atoms with Crippen LogP contribution in [0.2, 0.25) is 10.0 Å². The lowest BCUT2D eigenvalue weighted by atomic mass is 10.2. The molecule has 0 saturated heterocycles. The number of hydrogen-bond acceptors (Lipinski definition) is 5. The first-order chi connectivity index (χ1) is 12.9. The molecule has 7 nitrogen and oxygen atoms in total. The van der Waals surface area contributed by atoms with Crippen LogP contribution >= 0.6 is 39.1 Å². The summed E-state index contributed by atoms with van der Waals surface area (Å²) < 4.78 is 11.3. The number of benzene rings is 2. The molecule has 2 N–H and O–H groups in total. The van der Waals surface area contributed by atoms with Crippen LogP contribution in [0.1, 0.15) is 12.0 Å². The monoisotopic (exact) mass is 471 g/mol. The summed E-state index contributed by atoms with van der Waals surface area (Å²) in [6.07, 6.45) is 1.03. The number of halogens is 3. The maximum absolute atomic E-state index is 11.9. The Bertz CT molecular complexity index is 937. The van der Waals surface area contributed by atoms with Crippen LogP contribution in [0.4, 0.5) is 5.69 Å². The Morgan fingerprint density at radius 1 is 1.11 bits per heavy atom. The van der Waals surface area contributed by atoms with Crippen LogP contribution in [0.5, 0.6) is 11.5 Å². The Morgan fingerprint density at radius 2 is 1.85 bits per heavy atom. The van der Waals surface area contributed by atoms with Crippen molar-refractivity contribution in [2.75, 3.05) is 12.1 Å². The first kappa shape index (κ1) is 19.5. The van der Waals surface area contributed by atoms with Crippen LogP contribution in [0, 0.1) is 0 Å². The molecule has 0 fully saturated rings. The van der Waals surface area contributed by atoms with E-state index in [-0.39, 0.29) is 6.79 Å². The summed E-state index contributed by atoms with van der Waals surface area (Å²) in [6.45, 7) is 0.160. The Kier molecular flexibility index (Phi) is 6.20. The Labute approximate surface area is 172 Å². The highest BCUT2D eigenvalue weighted by Gasteiger charge is 2.15. The number of hydrogen-bond donors (Lipinski definition) is 2. The lowest BCUT2D eigenvalue weighted by Gasteiger charge is -2.06. The fourth-order valence-corrected chi connectivity index (χ4v) is 2.89. The summed E-state index contributed by atoms with van der Waals surface area (Å²) in [4.78, 5) is 23.7. The smallest absolute Gasteiger partial charge is 0.249 e. The lowest BCUT2D eigenvalue weighted by molar-refractivity contribution is -0.126. The highest BCUT2D eigenvalue weighted by molar-refractivity contribution is 9.10. The van der Waals surface area contributed by atoms with Gasteiger partial charge in [0.2, 0.25) is 18.6 Å². The van der Waals surface area contributed by atoms with E-state index in [2.05, 4.69) is 31.8 Å². The minimum atomic E-state index is -0.569. The fraction of sp³-hybridized carbons (Fsp3) is 0.118. The second kappa shape index (κ2) is 8.60. The molecule has 0 bridgehead atoms. The molecule has 140 valence electrons. The summed E-state index contributed by atoms with van der Waals surface area (Å²) in [7, 11) is 0. The molecule has 1 heterocycles. The normalized spacial score (nSPS) is 12.3. The van der Waals surface area contributed by atoms with Crippen LogP contribution in [-0.4, -0.2) is 24.8 Å². The second-order valence-electron chi connectivity index (χ2n) is 5.37. The van der Waals surface area contributed by atoms with E-state index in [0.717, 1.165) is 4.47 Å². The zero-order chi connectivity index (χ0) is 19.4. The van der Waals surface area contributed by atoms with Gasteiger partial charge in [-0.05, 0) is 46.3 Å². The van der Waals surface area contributed by atoms with Gasteiger partial charge in [-0.15, -0.1) is 0 Å². The third kappa shape index (κ3) is 5.12. The van der Waals surface area contributed by atoms with E-state index >= 15 is 0 Å². The molecule has 0 spiro atoms. The molecule has 0 saturated carbocycles. The number of anilines is 1. The van der Waals surface area contributed by atoms with Gasteiger partial charge in [0.1, 0.15) is 6.42 Å². The van der Waals surface area contributed by atoms with Gasteiger partial charge in [0.25, 0.3) is 0 Å². The zero-order valence-electron chi connectivity index (χ0n) is 13.6. The van der Waals surface area contributed by atoms with Crippen molar-refractivity contribution in [3.8, 4) is 11.5 Å². The van der Waals surface area contributed by atoms with Gasteiger partial charge in [-0.3, -0.25) is 9.59 Å². The number of hydrazone groups is 1. The van der Waals surface area contributed by atoms with E-state index in [1.54, 1.807) is 24.3 Å². The minimum absolute atomic E-state index is 0.160. The molecule has 0 aromatic heterocycles. The Balaban J connectivity index is 1.52. The highest BCUT2D eigenvalue weighted by Crippen LogP contribution is 2.36. The summed E-state index contributed by atoms with van der Waals surface area (Å²) in [5, 5.41) is 7.07. The van der Waals surface area contributed by atoms with Crippen LogP contribution in [0.3, 0.4) is 0 Å². The predicted molar refractivity (Wildman–Crippen MR) is 106 cm³/mol. The molecule has 2 aromatic carbocycles. The van der Waals surface area contributed by atoms with Gasteiger partial charge in [-0.2, -0.15) is 5.10 Å². The van der Waals surface area contributed by atoms with Crippen molar-refractivity contribution >= 4 is 62.8 Å². The maximum atomic E-state index is 11.9. The van der Waals surface area contributed by atoms with Crippen molar-refractivity contribution in [1.82, 2.24) is 5.43 Å². The highest BCUT2D eigenvalue weighted by atomic mass is 79.9. The average Bonchev–Trinajstić information content (AvgIpc) is 3.05. The third-order valence-corrected chi connectivity index (χ3v) is 4.84. The molecule has 2 amide bonds. The van der Waals surface area contributed by atoms with E-state index < -0.39 is 18.2 Å². The van der Waals surface area contributed by atoms with E-state index in [0.29, 0.717) is 32.8 Å². The fourth-order valence-electron chi connectivity index (χ4n) is 2.17. The van der Waals surface area contributed by atoms with Crippen molar-refractivity contribution in [3.05, 3.63) is 50.4 Å². The van der Waals surface area contributed by atoms with Gasteiger partial charge >= 0.3 is 0 Å². The van der Waals surface area contributed by atoms with Crippen molar-refractivity contribution in [2.45, 2.75) is 6.42 Å². The maximum Gasteiger partial charge on any atom is 0.249 e. The second-order valence-corrected chi connectivity index (χ2v) is 7.04. The molecule has 0 radical (unpaired) electrons. The van der Waals surface area contributed by atoms with Gasteiger partial charge in [-0.1, -0.05) is 23.2 Å². The SMILES string of the molecule is O=C(CC(=O)Nc1ccc(Cl)c(Cl)c1)N/N=C/c1cc2c(cc1Br)OCO2. The molecular formula is C17H12BrCl2N3O4. The zero-order valence-corrected chi connectivity index (χ0v) is 16.7. The molecule has 27 heavy (non-hydrogen) atoms. The molecule has 10 heteroatoms. The van der Waals surface area contributed by atoms with Gasteiger partial charge in [-0.25, -0.2) is 5.43 Å². The lowest BCUT2D eigenvalue weighted by Crippen LogP contribution is -2.24. The van der Waals surface area contributed by atoms with Crippen molar-refractivity contribution in [3.63, 3.8) is 0 Å². The number of rotatable bonds is 5. The third-order valence-electron chi connectivity index (χ3n) is 3.41. The molecule has 0 atom stereocenters. The number of carbonyl (C=O) groups is 2.